The summed E-state index contributed by atoms with van der Waals surface area (Å²) in [6.07, 6.45) is 1.59. The fourth-order valence-corrected chi connectivity index (χ4v) is 2.51. The minimum Gasteiger partial charge on any atom is -0.439 e. The van der Waals surface area contributed by atoms with Crippen LogP contribution < -0.4 is 0 Å². The number of benzene rings is 1. The van der Waals surface area contributed by atoms with Crippen LogP contribution >= 0.6 is 0 Å². The fraction of sp³-hybridized carbons (Fsp3) is 0.500. The third-order valence-electron chi connectivity index (χ3n) is 3.59. The summed E-state index contributed by atoms with van der Waals surface area (Å²) in [7, 11) is 0. The Balaban J connectivity index is 1.97. The molecule has 1 aromatic rings. The summed E-state index contributed by atoms with van der Waals surface area (Å²) in [5.74, 6) is 0.172. The van der Waals surface area contributed by atoms with Crippen LogP contribution in [-0.4, -0.2) is 23.4 Å². The van der Waals surface area contributed by atoms with Gasteiger partial charge in [-0.05, 0) is 11.5 Å². The average molecular weight is 275 g/mol. The summed E-state index contributed by atoms with van der Waals surface area (Å²) in [5.41, 5.74) is 0.928. The minimum atomic E-state index is -0.521. The smallest absolute Gasteiger partial charge is 0.417 e. The van der Waals surface area contributed by atoms with Crippen molar-refractivity contribution < 1.29 is 14.3 Å². The van der Waals surface area contributed by atoms with E-state index in [1.807, 2.05) is 37.3 Å². The van der Waals surface area contributed by atoms with Crippen molar-refractivity contribution in [1.29, 1.82) is 0 Å². The van der Waals surface area contributed by atoms with Crippen molar-refractivity contribution in [3.8, 4) is 0 Å². The third-order valence-corrected chi connectivity index (χ3v) is 3.59. The molecule has 4 heteroatoms. The Kier molecular flexibility index (Phi) is 4.77. The molecule has 108 valence electrons. The lowest BCUT2D eigenvalue weighted by Crippen LogP contribution is -2.32. The zero-order chi connectivity index (χ0) is 14.5. The van der Waals surface area contributed by atoms with Gasteiger partial charge in [0, 0.05) is 6.42 Å². The Bertz CT molecular complexity index is 472. The van der Waals surface area contributed by atoms with Gasteiger partial charge >= 0.3 is 6.09 Å². The van der Waals surface area contributed by atoms with Gasteiger partial charge in [-0.3, -0.25) is 4.79 Å². The molecule has 2 amide bonds. The molecule has 1 heterocycles. The van der Waals surface area contributed by atoms with Gasteiger partial charge in [0.2, 0.25) is 5.91 Å². The van der Waals surface area contributed by atoms with Crippen LogP contribution in [0.3, 0.4) is 0 Å². The van der Waals surface area contributed by atoms with Crippen molar-refractivity contribution in [3.05, 3.63) is 35.9 Å². The monoisotopic (exact) mass is 275 g/mol. The first-order valence-electron chi connectivity index (χ1n) is 7.17. The average Bonchev–Trinajstić information content (AvgIpc) is 2.82. The van der Waals surface area contributed by atoms with E-state index in [0.29, 0.717) is 18.9 Å². The number of rotatable bonds is 5. The highest BCUT2D eigenvalue weighted by Gasteiger charge is 2.36. The molecule has 0 spiro atoms. The lowest BCUT2D eigenvalue weighted by Gasteiger charge is -2.14. The van der Waals surface area contributed by atoms with Crippen LogP contribution in [0.1, 0.15) is 44.8 Å². The molecule has 2 rings (SSSR count). The van der Waals surface area contributed by atoms with E-state index < -0.39 is 6.09 Å². The van der Waals surface area contributed by atoms with E-state index in [1.54, 1.807) is 0 Å². The Morgan fingerprint density at radius 2 is 2.10 bits per heavy atom. The summed E-state index contributed by atoms with van der Waals surface area (Å²) in [6, 6.07) is 9.53. The molecule has 0 saturated carbocycles. The normalized spacial score (nSPS) is 19.8. The molecule has 1 fully saturated rings. The van der Waals surface area contributed by atoms with Crippen LogP contribution in [0, 0.1) is 5.92 Å². The number of carbonyl (C=O) groups excluding carboxylic acids is 2. The lowest BCUT2D eigenvalue weighted by atomic mass is 10.0. The molecule has 0 bridgehead atoms. The highest BCUT2D eigenvalue weighted by Crippen LogP contribution is 2.27. The summed E-state index contributed by atoms with van der Waals surface area (Å²) >= 11 is 0. The predicted molar refractivity (Wildman–Crippen MR) is 76.1 cm³/mol. The van der Waals surface area contributed by atoms with Crippen molar-refractivity contribution in [1.82, 2.24) is 4.90 Å². The van der Waals surface area contributed by atoms with Gasteiger partial charge in [0.15, 0.2) is 0 Å². The van der Waals surface area contributed by atoms with Crippen molar-refractivity contribution in [2.45, 2.75) is 39.2 Å². The maximum atomic E-state index is 12.1. The number of cyclic esters (lactones) is 1. The van der Waals surface area contributed by atoms with Gasteiger partial charge in [-0.2, -0.15) is 0 Å². The van der Waals surface area contributed by atoms with E-state index in [4.69, 9.17) is 4.74 Å². The van der Waals surface area contributed by atoms with E-state index in [0.717, 1.165) is 18.4 Å². The highest BCUT2D eigenvalue weighted by atomic mass is 16.6. The van der Waals surface area contributed by atoms with Crippen molar-refractivity contribution in [3.63, 3.8) is 0 Å². The van der Waals surface area contributed by atoms with Gasteiger partial charge < -0.3 is 4.74 Å². The van der Waals surface area contributed by atoms with Crippen LogP contribution in [0.2, 0.25) is 0 Å². The van der Waals surface area contributed by atoms with Crippen LogP contribution in [0.25, 0.3) is 0 Å². The molecule has 1 aliphatic heterocycles. The van der Waals surface area contributed by atoms with Gasteiger partial charge in [-0.25, -0.2) is 9.69 Å². The van der Waals surface area contributed by atoms with Gasteiger partial charge in [-0.1, -0.05) is 57.0 Å². The van der Waals surface area contributed by atoms with Crippen molar-refractivity contribution in [2.24, 2.45) is 5.92 Å². The number of ether oxygens (including phenoxy) is 1. The third kappa shape index (κ3) is 3.38. The van der Waals surface area contributed by atoms with Crippen LogP contribution in [0.5, 0.6) is 0 Å². The maximum Gasteiger partial charge on any atom is 0.417 e. The van der Waals surface area contributed by atoms with E-state index in [-0.39, 0.29) is 12.0 Å². The number of hydrogen-bond acceptors (Lipinski definition) is 3. The first kappa shape index (κ1) is 14.6. The number of amides is 2. The van der Waals surface area contributed by atoms with E-state index in [2.05, 4.69) is 6.92 Å². The first-order chi connectivity index (χ1) is 9.61. The quantitative estimate of drug-likeness (QED) is 0.825. The summed E-state index contributed by atoms with van der Waals surface area (Å²) in [6.45, 7) is 4.45. The number of carbonyl (C=O) groups is 2. The topological polar surface area (TPSA) is 46.6 Å². The molecule has 0 radical (unpaired) electrons. The standard InChI is InChI=1S/C16H21NO3/c1-3-7-12(2)10-15(18)17-11-14(20-16(17)19)13-8-5-4-6-9-13/h4-6,8-9,12,14H,3,7,10-11H2,1-2H3/t12-,14-/m1/s1. The highest BCUT2D eigenvalue weighted by molar-refractivity contribution is 5.93. The Morgan fingerprint density at radius 1 is 1.40 bits per heavy atom. The molecule has 2 atom stereocenters. The maximum absolute atomic E-state index is 12.1. The first-order valence-corrected chi connectivity index (χ1v) is 7.17. The molecule has 1 saturated heterocycles. The second kappa shape index (κ2) is 6.55. The van der Waals surface area contributed by atoms with Gasteiger partial charge in [0.25, 0.3) is 0 Å². The molecule has 0 unspecified atom stereocenters. The van der Waals surface area contributed by atoms with Crippen molar-refractivity contribution >= 4 is 12.0 Å². The van der Waals surface area contributed by atoms with Gasteiger partial charge in [-0.15, -0.1) is 0 Å². The lowest BCUT2D eigenvalue weighted by molar-refractivity contribution is -0.128. The molecule has 20 heavy (non-hydrogen) atoms. The van der Waals surface area contributed by atoms with Crippen LogP contribution in [-0.2, 0) is 9.53 Å². The van der Waals surface area contributed by atoms with Gasteiger partial charge in [0.05, 0.1) is 6.54 Å². The van der Waals surface area contributed by atoms with Gasteiger partial charge in [0.1, 0.15) is 6.10 Å². The second-order valence-corrected chi connectivity index (χ2v) is 5.39. The molecule has 0 aromatic heterocycles. The number of hydrogen-bond donors (Lipinski definition) is 0. The van der Waals surface area contributed by atoms with E-state index in [1.165, 1.54) is 4.90 Å². The number of nitrogens with zero attached hydrogens (tertiary/aromatic N) is 1. The van der Waals surface area contributed by atoms with Crippen molar-refractivity contribution in [2.75, 3.05) is 6.54 Å². The van der Waals surface area contributed by atoms with Crippen LogP contribution in [0.15, 0.2) is 30.3 Å². The molecular weight excluding hydrogens is 254 g/mol. The predicted octanol–water partition coefficient (Wildman–Crippen LogP) is 3.53. The SMILES string of the molecule is CCC[C@@H](C)CC(=O)N1C[C@H](c2ccccc2)OC1=O. The second-order valence-electron chi connectivity index (χ2n) is 5.39. The minimum absolute atomic E-state index is 0.130. The molecule has 0 N–H and O–H groups in total. The summed E-state index contributed by atoms with van der Waals surface area (Å²) < 4.78 is 5.29. The molecule has 1 aromatic carbocycles. The molecular formula is C16H21NO3. The largest absolute Gasteiger partial charge is 0.439 e. The molecule has 0 aliphatic carbocycles. The summed E-state index contributed by atoms with van der Waals surface area (Å²) in [5, 5.41) is 0. The van der Waals surface area contributed by atoms with E-state index in [9.17, 15) is 9.59 Å². The van der Waals surface area contributed by atoms with Crippen LogP contribution in [0.4, 0.5) is 4.79 Å². The Labute approximate surface area is 119 Å². The zero-order valence-corrected chi connectivity index (χ0v) is 12.0. The zero-order valence-electron chi connectivity index (χ0n) is 12.0. The summed E-state index contributed by atoms with van der Waals surface area (Å²) in [4.78, 5) is 25.2. The molecule has 1 aliphatic rings. The number of imide groups is 1. The molecule has 4 nitrogen and oxygen atoms in total. The fourth-order valence-electron chi connectivity index (χ4n) is 2.51. The Morgan fingerprint density at radius 3 is 2.75 bits per heavy atom. The Hall–Kier alpha value is -1.84. The van der Waals surface area contributed by atoms with E-state index >= 15 is 0 Å².